The van der Waals surface area contributed by atoms with Crippen LogP contribution in [0.3, 0.4) is 0 Å². The van der Waals surface area contributed by atoms with Gasteiger partial charge in [0.15, 0.2) is 11.6 Å². The topological polar surface area (TPSA) is 35.5 Å². The van der Waals surface area contributed by atoms with Crippen molar-refractivity contribution in [3.05, 3.63) is 53.8 Å². The van der Waals surface area contributed by atoms with Gasteiger partial charge >= 0.3 is 0 Å². The van der Waals surface area contributed by atoms with Gasteiger partial charge in [-0.25, -0.2) is 4.39 Å². The standard InChI is InChI=1S/C14H11FO3/c1-17-11-3-2-4-12(8-11)18-14-6-5-10(9-16)7-13(14)15/h2-9H,1H3. The van der Waals surface area contributed by atoms with Crippen LogP contribution >= 0.6 is 0 Å². The predicted octanol–water partition coefficient (Wildman–Crippen LogP) is 3.44. The molecular formula is C14H11FO3. The SMILES string of the molecule is COc1cccc(Oc2ccc(C=O)cc2F)c1. The lowest BCUT2D eigenvalue weighted by Crippen LogP contribution is -1.91. The molecule has 2 rings (SSSR count). The molecule has 0 aliphatic carbocycles. The van der Waals surface area contributed by atoms with E-state index in [1.165, 1.54) is 12.1 Å². The first kappa shape index (κ1) is 12.1. The molecule has 0 radical (unpaired) electrons. The molecule has 2 aromatic rings. The molecule has 0 unspecified atom stereocenters. The molecule has 0 saturated heterocycles. The fourth-order valence-electron chi connectivity index (χ4n) is 1.46. The summed E-state index contributed by atoms with van der Waals surface area (Å²) in [4.78, 5) is 10.5. The quantitative estimate of drug-likeness (QED) is 0.775. The summed E-state index contributed by atoms with van der Waals surface area (Å²) < 4.78 is 24.0. The van der Waals surface area contributed by atoms with Crippen molar-refractivity contribution in [1.29, 1.82) is 0 Å². The first-order valence-electron chi connectivity index (χ1n) is 5.29. The molecule has 2 aromatic carbocycles. The van der Waals surface area contributed by atoms with Crippen molar-refractivity contribution < 1.29 is 18.7 Å². The molecule has 0 bridgehead atoms. The summed E-state index contributed by atoms with van der Waals surface area (Å²) in [5.74, 6) is 0.570. The van der Waals surface area contributed by atoms with Crippen LogP contribution in [0.4, 0.5) is 4.39 Å². The monoisotopic (exact) mass is 246 g/mol. The number of benzene rings is 2. The third-order valence-corrected chi connectivity index (χ3v) is 2.36. The van der Waals surface area contributed by atoms with E-state index in [-0.39, 0.29) is 11.3 Å². The van der Waals surface area contributed by atoms with E-state index in [0.29, 0.717) is 17.8 Å². The first-order valence-corrected chi connectivity index (χ1v) is 5.29. The van der Waals surface area contributed by atoms with Crippen molar-refractivity contribution in [1.82, 2.24) is 0 Å². The summed E-state index contributed by atoms with van der Waals surface area (Å²) >= 11 is 0. The molecule has 0 heterocycles. The van der Waals surface area contributed by atoms with E-state index in [0.717, 1.165) is 6.07 Å². The average molecular weight is 246 g/mol. The number of aldehydes is 1. The van der Waals surface area contributed by atoms with E-state index in [1.807, 2.05) is 0 Å². The Morgan fingerprint density at radius 3 is 2.56 bits per heavy atom. The summed E-state index contributed by atoms with van der Waals surface area (Å²) in [6, 6.07) is 10.9. The largest absolute Gasteiger partial charge is 0.497 e. The zero-order valence-corrected chi connectivity index (χ0v) is 9.72. The molecule has 0 aromatic heterocycles. The Hall–Kier alpha value is -2.36. The third kappa shape index (κ3) is 2.66. The molecule has 3 nitrogen and oxygen atoms in total. The molecule has 18 heavy (non-hydrogen) atoms. The van der Waals surface area contributed by atoms with Crippen molar-refractivity contribution >= 4 is 6.29 Å². The van der Waals surface area contributed by atoms with Gasteiger partial charge in [-0.1, -0.05) is 6.07 Å². The van der Waals surface area contributed by atoms with E-state index >= 15 is 0 Å². The highest BCUT2D eigenvalue weighted by atomic mass is 19.1. The first-order chi connectivity index (χ1) is 8.72. The lowest BCUT2D eigenvalue weighted by Gasteiger charge is -2.08. The summed E-state index contributed by atoms with van der Waals surface area (Å²) in [7, 11) is 1.54. The Kier molecular flexibility index (Phi) is 3.57. The van der Waals surface area contributed by atoms with Crippen LogP contribution in [0.15, 0.2) is 42.5 Å². The highest BCUT2D eigenvalue weighted by molar-refractivity contribution is 5.75. The van der Waals surface area contributed by atoms with Crippen LogP contribution in [0, 0.1) is 5.82 Å². The number of methoxy groups -OCH3 is 1. The fraction of sp³-hybridized carbons (Fsp3) is 0.0714. The molecule has 0 saturated carbocycles. The van der Waals surface area contributed by atoms with Gasteiger partial charge in [-0.2, -0.15) is 0 Å². The molecular weight excluding hydrogens is 235 g/mol. The molecule has 0 spiro atoms. The van der Waals surface area contributed by atoms with E-state index in [4.69, 9.17) is 9.47 Å². The molecule has 0 aliphatic rings. The lowest BCUT2D eigenvalue weighted by atomic mass is 10.2. The average Bonchev–Trinajstić information content (AvgIpc) is 2.41. The summed E-state index contributed by atoms with van der Waals surface area (Å²) in [6.45, 7) is 0. The van der Waals surface area contributed by atoms with Crippen molar-refractivity contribution in [3.8, 4) is 17.2 Å². The molecule has 0 atom stereocenters. The van der Waals surface area contributed by atoms with Crippen molar-refractivity contribution in [2.45, 2.75) is 0 Å². The minimum atomic E-state index is -0.581. The molecule has 0 fully saturated rings. The fourth-order valence-corrected chi connectivity index (χ4v) is 1.46. The maximum absolute atomic E-state index is 13.6. The Morgan fingerprint density at radius 2 is 1.89 bits per heavy atom. The van der Waals surface area contributed by atoms with Gasteiger partial charge < -0.3 is 9.47 Å². The van der Waals surface area contributed by atoms with Gasteiger partial charge in [-0.15, -0.1) is 0 Å². The minimum Gasteiger partial charge on any atom is -0.497 e. The lowest BCUT2D eigenvalue weighted by molar-refractivity contribution is 0.112. The van der Waals surface area contributed by atoms with Gasteiger partial charge in [-0.3, -0.25) is 4.79 Å². The zero-order chi connectivity index (χ0) is 13.0. The number of carbonyl (C=O) groups is 1. The van der Waals surface area contributed by atoms with E-state index in [2.05, 4.69) is 0 Å². The van der Waals surface area contributed by atoms with Crippen molar-refractivity contribution in [3.63, 3.8) is 0 Å². The van der Waals surface area contributed by atoms with Crippen LogP contribution in [0.2, 0.25) is 0 Å². The number of hydrogen-bond donors (Lipinski definition) is 0. The summed E-state index contributed by atoms with van der Waals surface area (Å²) in [5, 5.41) is 0. The Morgan fingerprint density at radius 1 is 1.11 bits per heavy atom. The second-order valence-corrected chi connectivity index (χ2v) is 3.59. The highest BCUT2D eigenvalue weighted by Crippen LogP contribution is 2.27. The van der Waals surface area contributed by atoms with Crippen LogP contribution < -0.4 is 9.47 Å². The van der Waals surface area contributed by atoms with Gasteiger partial charge in [0.05, 0.1) is 7.11 Å². The van der Waals surface area contributed by atoms with Gasteiger partial charge in [0.25, 0.3) is 0 Å². The smallest absolute Gasteiger partial charge is 0.166 e. The highest BCUT2D eigenvalue weighted by Gasteiger charge is 2.06. The van der Waals surface area contributed by atoms with E-state index < -0.39 is 5.82 Å². The number of ether oxygens (including phenoxy) is 2. The van der Waals surface area contributed by atoms with Crippen molar-refractivity contribution in [2.24, 2.45) is 0 Å². The van der Waals surface area contributed by atoms with E-state index in [9.17, 15) is 9.18 Å². The Bertz CT molecular complexity index is 567. The zero-order valence-electron chi connectivity index (χ0n) is 9.72. The predicted molar refractivity (Wildman–Crippen MR) is 64.9 cm³/mol. The second kappa shape index (κ2) is 5.31. The number of halogens is 1. The molecule has 0 amide bonds. The summed E-state index contributed by atoms with van der Waals surface area (Å²) in [6.07, 6.45) is 0.582. The molecule has 4 heteroatoms. The number of carbonyl (C=O) groups excluding carboxylic acids is 1. The van der Waals surface area contributed by atoms with Crippen LogP contribution in [-0.4, -0.2) is 13.4 Å². The second-order valence-electron chi connectivity index (χ2n) is 3.59. The maximum Gasteiger partial charge on any atom is 0.166 e. The van der Waals surface area contributed by atoms with Crippen LogP contribution in [0.5, 0.6) is 17.2 Å². The molecule has 0 N–H and O–H groups in total. The Labute approximate surface area is 104 Å². The van der Waals surface area contributed by atoms with Crippen LogP contribution in [0.1, 0.15) is 10.4 Å². The Balaban J connectivity index is 2.25. The molecule has 0 aliphatic heterocycles. The van der Waals surface area contributed by atoms with Gasteiger partial charge in [-0.05, 0) is 30.3 Å². The van der Waals surface area contributed by atoms with Gasteiger partial charge in [0, 0.05) is 11.6 Å². The molecule has 92 valence electrons. The normalized spacial score (nSPS) is 9.89. The maximum atomic E-state index is 13.6. The minimum absolute atomic E-state index is 0.0638. The third-order valence-electron chi connectivity index (χ3n) is 2.36. The van der Waals surface area contributed by atoms with Gasteiger partial charge in [0.2, 0.25) is 0 Å². The van der Waals surface area contributed by atoms with Crippen LogP contribution in [0.25, 0.3) is 0 Å². The van der Waals surface area contributed by atoms with Gasteiger partial charge in [0.1, 0.15) is 17.8 Å². The van der Waals surface area contributed by atoms with E-state index in [1.54, 1.807) is 31.4 Å². The summed E-state index contributed by atoms with van der Waals surface area (Å²) in [5.41, 5.74) is 0.269. The van der Waals surface area contributed by atoms with Crippen molar-refractivity contribution in [2.75, 3.05) is 7.11 Å². The number of hydrogen-bond acceptors (Lipinski definition) is 3. The van der Waals surface area contributed by atoms with Crippen LogP contribution in [-0.2, 0) is 0 Å². The number of rotatable bonds is 4.